The number of hydrogen-bond donors (Lipinski definition) is 1. The molecule has 0 bridgehead atoms. The first-order valence-corrected chi connectivity index (χ1v) is 6.75. The lowest BCUT2D eigenvalue weighted by atomic mass is 10.1. The second-order valence-electron chi connectivity index (χ2n) is 4.68. The maximum Gasteiger partial charge on any atom is 0.256 e. The minimum Gasteiger partial charge on any atom is -0.398 e. The van der Waals surface area contributed by atoms with Crippen LogP contribution in [0.4, 0.5) is 5.69 Å². The van der Waals surface area contributed by atoms with E-state index in [-0.39, 0.29) is 5.91 Å². The molecule has 2 rings (SSSR count). The first-order valence-electron chi connectivity index (χ1n) is 6.75. The minimum absolute atomic E-state index is 0.0335. The summed E-state index contributed by atoms with van der Waals surface area (Å²) in [6, 6.07) is 11.0. The number of hydrogen-bond acceptors (Lipinski definition) is 3. The molecule has 20 heavy (non-hydrogen) atoms. The molecule has 1 aromatic carbocycles. The zero-order valence-electron chi connectivity index (χ0n) is 11.6. The molecule has 1 heterocycles. The topological polar surface area (TPSA) is 59.2 Å². The van der Waals surface area contributed by atoms with Crippen molar-refractivity contribution in [2.24, 2.45) is 0 Å². The van der Waals surface area contributed by atoms with Crippen molar-refractivity contribution < 1.29 is 4.79 Å². The predicted octanol–water partition coefficient (Wildman–Crippen LogP) is 2.72. The number of nitrogens with zero attached hydrogens (tertiary/aromatic N) is 2. The third-order valence-corrected chi connectivity index (χ3v) is 3.07. The van der Waals surface area contributed by atoms with E-state index in [1.165, 1.54) is 0 Å². The fourth-order valence-corrected chi connectivity index (χ4v) is 2.10. The normalized spacial score (nSPS) is 10.2. The Morgan fingerprint density at radius 2 is 2.05 bits per heavy atom. The van der Waals surface area contributed by atoms with E-state index in [4.69, 9.17) is 5.73 Å². The summed E-state index contributed by atoms with van der Waals surface area (Å²) in [6.45, 7) is 3.30. The molecular formula is C16H19N3O. The van der Waals surface area contributed by atoms with Crippen LogP contribution in [0.2, 0.25) is 0 Å². The summed E-state index contributed by atoms with van der Waals surface area (Å²) in [5, 5.41) is 0. The molecular weight excluding hydrogens is 250 g/mol. The van der Waals surface area contributed by atoms with Gasteiger partial charge >= 0.3 is 0 Å². The fraction of sp³-hybridized carbons (Fsp3) is 0.250. The van der Waals surface area contributed by atoms with Gasteiger partial charge in [-0.25, -0.2) is 0 Å². The maximum atomic E-state index is 12.6. The SMILES string of the molecule is CCCN(Cc1cccnc1)C(=O)c1ccccc1N. The zero-order valence-corrected chi connectivity index (χ0v) is 11.6. The summed E-state index contributed by atoms with van der Waals surface area (Å²) in [6.07, 6.45) is 4.41. The van der Waals surface area contributed by atoms with E-state index in [1.807, 2.05) is 29.2 Å². The van der Waals surface area contributed by atoms with Crippen molar-refractivity contribution in [2.75, 3.05) is 12.3 Å². The minimum atomic E-state index is -0.0335. The van der Waals surface area contributed by atoms with Crippen molar-refractivity contribution in [2.45, 2.75) is 19.9 Å². The van der Waals surface area contributed by atoms with Crippen LogP contribution in [0, 0.1) is 0 Å². The molecule has 0 saturated heterocycles. The van der Waals surface area contributed by atoms with Gasteiger partial charge in [-0.15, -0.1) is 0 Å². The lowest BCUT2D eigenvalue weighted by molar-refractivity contribution is 0.0744. The van der Waals surface area contributed by atoms with Gasteiger partial charge < -0.3 is 10.6 Å². The summed E-state index contributed by atoms with van der Waals surface area (Å²) in [5.74, 6) is -0.0335. The van der Waals surface area contributed by atoms with E-state index in [9.17, 15) is 4.79 Å². The van der Waals surface area contributed by atoms with Crippen molar-refractivity contribution in [3.63, 3.8) is 0 Å². The summed E-state index contributed by atoms with van der Waals surface area (Å²) >= 11 is 0. The molecule has 104 valence electrons. The highest BCUT2D eigenvalue weighted by atomic mass is 16.2. The predicted molar refractivity (Wildman–Crippen MR) is 80.1 cm³/mol. The first kappa shape index (κ1) is 14.1. The molecule has 0 aliphatic rings. The Morgan fingerprint density at radius 1 is 1.25 bits per heavy atom. The van der Waals surface area contributed by atoms with Gasteiger partial charge in [-0.05, 0) is 30.2 Å². The van der Waals surface area contributed by atoms with Crippen LogP contribution in [0.1, 0.15) is 29.3 Å². The average molecular weight is 269 g/mol. The zero-order chi connectivity index (χ0) is 14.4. The number of benzene rings is 1. The van der Waals surface area contributed by atoms with E-state index < -0.39 is 0 Å². The number of rotatable bonds is 5. The Labute approximate surface area is 119 Å². The van der Waals surface area contributed by atoms with Crippen LogP contribution in [0.15, 0.2) is 48.8 Å². The lowest BCUT2D eigenvalue weighted by Gasteiger charge is -2.22. The van der Waals surface area contributed by atoms with Crippen molar-refractivity contribution in [3.8, 4) is 0 Å². The highest BCUT2D eigenvalue weighted by molar-refractivity contribution is 5.99. The highest BCUT2D eigenvalue weighted by Gasteiger charge is 2.17. The van der Waals surface area contributed by atoms with E-state index in [1.54, 1.807) is 24.5 Å². The van der Waals surface area contributed by atoms with Gasteiger partial charge in [-0.2, -0.15) is 0 Å². The molecule has 0 aliphatic heterocycles. The largest absolute Gasteiger partial charge is 0.398 e. The number of amides is 1. The molecule has 0 fully saturated rings. The van der Waals surface area contributed by atoms with Gasteiger partial charge in [0.25, 0.3) is 5.91 Å². The third-order valence-electron chi connectivity index (χ3n) is 3.07. The lowest BCUT2D eigenvalue weighted by Crippen LogP contribution is -2.31. The van der Waals surface area contributed by atoms with Gasteiger partial charge in [0.05, 0.1) is 5.56 Å². The van der Waals surface area contributed by atoms with Crippen molar-refractivity contribution in [1.82, 2.24) is 9.88 Å². The van der Waals surface area contributed by atoms with E-state index in [0.717, 1.165) is 12.0 Å². The van der Waals surface area contributed by atoms with Gasteiger partial charge in [0.1, 0.15) is 0 Å². The van der Waals surface area contributed by atoms with Crippen LogP contribution in [0.25, 0.3) is 0 Å². The van der Waals surface area contributed by atoms with Crippen LogP contribution in [-0.4, -0.2) is 22.3 Å². The second-order valence-corrected chi connectivity index (χ2v) is 4.68. The Balaban J connectivity index is 2.20. The molecule has 4 heteroatoms. The Kier molecular flexibility index (Phi) is 4.71. The van der Waals surface area contributed by atoms with Gasteiger partial charge in [0.15, 0.2) is 0 Å². The van der Waals surface area contributed by atoms with Gasteiger partial charge in [0.2, 0.25) is 0 Å². The molecule has 0 spiro atoms. The van der Waals surface area contributed by atoms with Crippen molar-refractivity contribution >= 4 is 11.6 Å². The monoisotopic (exact) mass is 269 g/mol. The summed E-state index contributed by atoms with van der Waals surface area (Å²) in [7, 11) is 0. The van der Waals surface area contributed by atoms with E-state index >= 15 is 0 Å². The second kappa shape index (κ2) is 6.70. The van der Waals surface area contributed by atoms with Crippen molar-refractivity contribution in [1.29, 1.82) is 0 Å². The number of para-hydroxylation sites is 1. The molecule has 0 unspecified atom stereocenters. The molecule has 4 nitrogen and oxygen atoms in total. The standard InChI is InChI=1S/C16H19N3O/c1-2-10-19(12-13-6-5-9-18-11-13)16(20)14-7-3-4-8-15(14)17/h3-9,11H,2,10,12,17H2,1H3. The molecule has 0 saturated carbocycles. The van der Waals surface area contributed by atoms with Crippen LogP contribution in [0.3, 0.4) is 0 Å². The van der Waals surface area contributed by atoms with Crippen LogP contribution < -0.4 is 5.73 Å². The van der Waals surface area contributed by atoms with E-state index in [0.29, 0.717) is 24.3 Å². The summed E-state index contributed by atoms with van der Waals surface area (Å²) in [5.41, 5.74) is 7.98. The third kappa shape index (κ3) is 3.35. The van der Waals surface area contributed by atoms with Crippen LogP contribution in [-0.2, 0) is 6.54 Å². The molecule has 0 atom stereocenters. The average Bonchev–Trinajstić information content (AvgIpc) is 2.48. The number of carbonyl (C=O) groups is 1. The number of anilines is 1. The van der Waals surface area contributed by atoms with Gasteiger partial charge in [-0.3, -0.25) is 9.78 Å². The maximum absolute atomic E-state index is 12.6. The Hall–Kier alpha value is -2.36. The van der Waals surface area contributed by atoms with Crippen LogP contribution in [0.5, 0.6) is 0 Å². The summed E-state index contributed by atoms with van der Waals surface area (Å²) in [4.78, 5) is 18.5. The fourth-order valence-electron chi connectivity index (χ4n) is 2.10. The van der Waals surface area contributed by atoms with Gasteiger partial charge in [-0.1, -0.05) is 25.1 Å². The highest BCUT2D eigenvalue weighted by Crippen LogP contribution is 2.15. The Morgan fingerprint density at radius 3 is 2.70 bits per heavy atom. The first-order chi connectivity index (χ1) is 9.72. The number of nitrogens with two attached hydrogens (primary N) is 1. The molecule has 0 radical (unpaired) electrons. The molecule has 1 aromatic heterocycles. The molecule has 0 aliphatic carbocycles. The quantitative estimate of drug-likeness (QED) is 0.849. The number of carbonyl (C=O) groups excluding carboxylic acids is 1. The molecule has 1 amide bonds. The smallest absolute Gasteiger partial charge is 0.256 e. The number of nitrogen functional groups attached to an aromatic ring is 1. The van der Waals surface area contributed by atoms with Crippen molar-refractivity contribution in [3.05, 3.63) is 59.9 Å². The molecule has 2 N–H and O–H groups in total. The van der Waals surface area contributed by atoms with Crippen LogP contribution >= 0.6 is 0 Å². The summed E-state index contributed by atoms with van der Waals surface area (Å²) < 4.78 is 0. The van der Waals surface area contributed by atoms with E-state index in [2.05, 4.69) is 11.9 Å². The van der Waals surface area contributed by atoms with Gasteiger partial charge in [0, 0.05) is 31.2 Å². The number of pyridine rings is 1. The Bertz CT molecular complexity index is 569. The number of aromatic nitrogens is 1. The molecule has 2 aromatic rings.